The number of amides is 1. The van der Waals surface area contributed by atoms with Gasteiger partial charge in [0.1, 0.15) is 11.6 Å². The lowest BCUT2D eigenvalue weighted by molar-refractivity contribution is 0.0738. The normalized spacial score (nSPS) is 23.4. The summed E-state index contributed by atoms with van der Waals surface area (Å²) < 4.78 is 13.8. The summed E-state index contributed by atoms with van der Waals surface area (Å²) in [6.45, 7) is 3.48. The Balaban J connectivity index is 1.79. The number of phenols is 1. The summed E-state index contributed by atoms with van der Waals surface area (Å²) in [7, 11) is 0. The standard InChI is InChI=1S/C15H19FN2O2/c16-14-9-12(19)4-5-13(14)15(20)18-8-2-7-17-6-1-3-11(17)10-18/h4-5,9,11,19H,1-3,6-8,10H2. The van der Waals surface area contributed by atoms with Crippen molar-refractivity contribution in [3.63, 3.8) is 0 Å². The quantitative estimate of drug-likeness (QED) is 0.852. The van der Waals surface area contributed by atoms with Crippen molar-refractivity contribution in [2.45, 2.75) is 25.3 Å². The zero-order chi connectivity index (χ0) is 14.1. The van der Waals surface area contributed by atoms with Crippen molar-refractivity contribution in [2.24, 2.45) is 0 Å². The molecule has 2 aliphatic rings. The molecule has 2 fully saturated rings. The van der Waals surface area contributed by atoms with Gasteiger partial charge in [-0.3, -0.25) is 9.69 Å². The zero-order valence-corrected chi connectivity index (χ0v) is 11.4. The lowest BCUT2D eigenvalue weighted by Crippen LogP contribution is -2.39. The third kappa shape index (κ3) is 2.50. The van der Waals surface area contributed by atoms with E-state index in [0.717, 1.165) is 32.0 Å². The SMILES string of the molecule is O=C(c1ccc(O)cc1F)N1CCCN2CCCC2C1. The Hall–Kier alpha value is -1.62. The summed E-state index contributed by atoms with van der Waals surface area (Å²) in [5, 5.41) is 9.23. The number of halogens is 1. The number of hydrogen-bond donors (Lipinski definition) is 1. The second kappa shape index (κ2) is 5.40. The Morgan fingerprint density at radius 3 is 2.85 bits per heavy atom. The molecule has 2 heterocycles. The molecule has 20 heavy (non-hydrogen) atoms. The van der Waals surface area contributed by atoms with Gasteiger partial charge in [-0.15, -0.1) is 0 Å². The fraction of sp³-hybridized carbons (Fsp3) is 0.533. The molecule has 0 bridgehead atoms. The average Bonchev–Trinajstić information content (AvgIpc) is 2.75. The van der Waals surface area contributed by atoms with Gasteiger partial charge >= 0.3 is 0 Å². The third-order valence-corrected chi connectivity index (χ3v) is 4.27. The first-order chi connectivity index (χ1) is 9.65. The van der Waals surface area contributed by atoms with Crippen molar-refractivity contribution in [3.8, 4) is 5.75 Å². The van der Waals surface area contributed by atoms with E-state index in [1.54, 1.807) is 4.90 Å². The number of hydrogen-bond acceptors (Lipinski definition) is 3. The monoisotopic (exact) mass is 278 g/mol. The number of carbonyl (C=O) groups is 1. The maximum Gasteiger partial charge on any atom is 0.256 e. The highest BCUT2D eigenvalue weighted by Gasteiger charge is 2.31. The summed E-state index contributed by atoms with van der Waals surface area (Å²) in [5.74, 6) is -1.07. The molecule has 1 amide bonds. The first-order valence-corrected chi connectivity index (χ1v) is 7.17. The fourth-order valence-electron chi connectivity index (χ4n) is 3.24. The molecule has 2 saturated heterocycles. The molecule has 0 radical (unpaired) electrons. The topological polar surface area (TPSA) is 43.8 Å². The van der Waals surface area contributed by atoms with Crippen molar-refractivity contribution in [3.05, 3.63) is 29.6 Å². The van der Waals surface area contributed by atoms with Crippen LogP contribution in [0.1, 0.15) is 29.6 Å². The highest BCUT2D eigenvalue weighted by atomic mass is 19.1. The number of benzene rings is 1. The molecular formula is C15H19FN2O2. The summed E-state index contributed by atoms with van der Waals surface area (Å²) in [6.07, 6.45) is 3.23. The second-order valence-electron chi connectivity index (χ2n) is 5.60. The van der Waals surface area contributed by atoms with Gasteiger partial charge in [0.2, 0.25) is 0 Å². The molecule has 108 valence electrons. The molecule has 3 rings (SSSR count). The third-order valence-electron chi connectivity index (χ3n) is 4.27. The van der Waals surface area contributed by atoms with E-state index in [9.17, 15) is 14.3 Å². The van der Waals surface area contributed by atoms with Crippen molar-refractivity contribution >= 4 is 5.91 Å². The number of carbonyl (C=O) groups excluding carboxylic acids is 1. The Morgan fingerprint density at radius 2 is 2.05 bits per heavy atom. The van der Waals surface area contributed by atoms with Crippen LogP contribution in [0.2, 0.25) is 0 Å². The van der Waals surface area contributed by atoms with Crippen LogP contribution in [0.15, 0.2) is 18.2 Å². The molecule has 1 atom stereocenters. The van der Waals surface area contributed by atoms with E-state index in [-0.39, 0.29) is 17.2 Å². The Labute approximate surface area is 117 Å². The van der Waals surface area contributed by atoms with Gasteiger partial charge in [-0.25, -0.2) is 4.39 Å². The number of fused-ring (bicyclic) bond motifs is 1. The van der Waals surface area contributed by atoms with Crippen LogP contribution in [0.25, 0.3) is 0 Å². The van der Waals surface area contributed by atoms with Crippen LogP contribution >= 0.6 is 0 Å². The molecule has 1 aromatic rings. The largest absolute Gasteiger partial charge is 0.508 e. The molecule has 5 heteroatoms. The molecule has 0 aliphatic carbocycles. The molecular weight excluding hydrogens is 259 g/mol. The van der Waals surface area contributed by atoms with Crippen LogP contribution in [0.4, 0.5) is 4.39 Å². The van der Waals surface area contributed by atoms with Gasteiger partial charge in [-0.05, 0) is 37.9 Å². The zero-order valence-electron chi connectivity index (χ0n) is 11.4. The maximum atomic E-state index is 13.8. The van der Waals surface area contributed by atoms with Gasteiger partial charge in [0.25, 0.3) is 5.91 Å². The molecule has 2 aliphatic heterocycles. The Kier molecular flexibility index (Phi) is 3.61. The van der Waals surface area contributed by atoms with E-state index in [0.29, 0.717) is 19.1 Å². The van der Waals surface area contributed by atoms with E-state index in [2.05, 4.69) is 4.90 Å². The van der Waals surface area contributed by atoms with Crippen LogP contribution in [0, 0.1) is 5.82 Å². The van der Waals surface area contributed by atoms with Crippen LogP contribution in [0.3, 0.4) is 0 Å². The maximum absolute atomic E-state index is 13.8. The number of phenolic OH excluding ortho intramolecular Hbond substituents is 1. The number of nitrogens with zero attached hydrogens (tertiary/aromatic N) is 2. The van der Waals surface area contributed by atoms with Crippen LogP contribution in [-0.4, -0.2) is 53.0 Å². The Morgan fingerprint density at radius 1 is 1.25 bits per heavy atom. The van der Waals surface area contributed by atoms with E-state index < -0.39 is 5.82 Å². The Bertz CT molecular complexity index is 521. The van der Waals surface area contributed by atoms with Gasteiger partial charge in [-0.1, -0.05) is 0 Å². The van der Waals surface area contributed by atoms with Crippen molar-refractivity contribution in [2.75, 3.05) is 26.2 Å². The lowest BCUT2D eigenvalue weighted by atomic mass is 10.1. The molecule has 4 nitrogen and oxygen atoms in total. The molecule has 0 aromatic heterocycles. The molecule has 1 unspecified atom stereocenters. The minimum atomic E-state index is -0.650. The summed E-state index contributed by atoms with van der Waals surface area (Å²) in [6, 6.07) is 4.13. The van der Waals surface area contributed by atoms with Crippen LogP contribution < -0.4 is 0 Å². The van der Waals surface area contributed by atoms with E-state index in [1.165, 1.54) is 18.6 Å². The highest BCUT2D eigenvalue weighted by Crippen LogP contribution is 2.23. The minimum Gasteiger partial charge on any atom is -0.508 e. The number of rotatable bonds is 1. The van der Waals surface area contributed by atoms with Gasteiger partial charge in [-0.2, -0.15) is 0 Å². The minimum absolute atomic E-state index is 0.0502. The second-order valence-corrected chi connectivity index (χ2v) is 5.60. The average molecular weight is 278 g/mol. The fourth-order valence-corrected chi connectivity index (χ4v) is 3.24. The van der Waals surface area contributed by atoms with Crippen molar-refractivity contribution in [1.82, 2.24) is 9.80 Å². The lowest BCUT2D eigenvalue weighted by Gasteiger charge is -2.25. The van der Waals surface area contributed by atoms with Gasteiger partial charge in [0.15, 0.2) is 0 Å². The van der Waals surface area contributed by atoms with Crippen molar-refractivity contribution < 1.29 is 14.3 Å². The molecule has 0 saturated carbocycles. The van der Waals surface area contributed by atoms with E-state index in [1.807, 2.05) is 0 Å². The van der Waals surface area contributed by atoms with E-state index in [4.69, 9.17) is 0 Å². The summed E-state index contributed by atoms with van der Waals surface area (Å²) in [5.41, 5.74) is 0.0502. The van der Waals surface area contributed by atoms with E-state index >= 15 is 0 Å². The predicted octanol–water partition coefficient (Wildman–Crippen LogP) is 1.84. The molecule has 0 spiro atoms. The van der Waals surface area contributed by atoms with Gasteiger partial charge < -0.3 is 10.0 Å². The van der Waals surface area contributed by atoms with Gasteiger partial charge in [0, 0.05) is 31.7 Å². The first kappa shape index (κ1) is 13.4. The van der Waals surface area contributed by atoms with Gasteiger partial charge in [0.05, 0.1) is 5.56 Å². The predicted molar refractivity (Wildman–Crippen MR) is 73.2 cm³/mol. The summed E-state index contributed by atoms with van der Waals surface area (Å²) >= 11 is 0. The smallest absolute Gasteiger partial charge is 0.256 e. The summed E-state index contributed by atoms with van der Waals surface area (Å²) in [4.78, 5) is 16.6. The molecule has 1 aromatic carbocycles. The van der Waals surface area contributed by atoms with Crippen molar-refractivity contribution in [1.29, 1.82) is 0 Å². The number of aromatic hydroxyl groups is 1. The van der Waals surface area contributed by atoms with Crippen LogP contribution in [-0.2, 0) is 0 Å². The molecule has 1 N–H and O–H groups in total. The first-order valence-electron chi connectivity index (χ1n) is 7.17. The highest BCUT2D eigenvalue weighted by molar-refractivity contribution is 5.94. The van der Waals surface area contributed by atoms with Crippen LogP contribution in [0.5, 0.6) is 5.75 Å².